The van der Waals surface area contributed by atoms with Gasteiger partial charge in [0.1, 0.15) is 0 Å². The van der Waals surface area contributed by atoms with Crippen LogP contribution in [0.4, 0.5) is 0 Å². The third-order valence-electron chi connectivity index (χ3n) is 5.42. The molecule has 1 N–H and O–H groups in total. The number of sulfone groups is 1. The summed E-state index contributed by atoms with van der Waals surface area (Å²) in [6.45, 7) is 4.86. The van der Waals surface area contributed by atoms with Gasteiger partial charge in [-0.15, -0.1) is 0 Å². The largest absolute Gasteiger partial charge is 0.346 e. The Morgan fingerprint density at radius 3 is 2.30 bits per heavy atom. The zero-order chi connectivity index (χ0) is 19.9. The number of amides is 1. The van der Waals surface area contributed by atoms with Crippen LogP contribution in [0.15, 0.2) is 29.2 Å². The zero-order valence-electron chi connectivity index (χ0n) is 15.6. The second kappa shape index (κ2) is 7.18. The van der Waals surface area contributed by atoms with Gasteiger partial charge < -0.3 is 5.32 Å². The van der Waals surface area contributed by atoms with Gasteiger partial charge in [-0.05, 0) is 56.4 Å². The highest BCUT2D eigenvalue weighted by atomic mass is 32.2. The number of rotatable bonds is 4. The zero-order valence-corrected chi connectivity index (χ0v) is 17.3. The minimum Gasteiger partial charge on any atom is -0.346 e. The molecule has 1 amide bonds. The lowest BCUT2D eigenvalue weighted by molar-refractivity contribution is 0.0915. The Hall–Kier alpha value is -1.45. The molecule has 0 aromatic heterocycles. The number of hydrogen-bond donors (Lipinski definition) is 1. The number of sulfonamides is 1. The lowest BCUT2D eigenvalue weighted by Crippen LogP contribution is -2.46. The second-order valence-corrected chi connectivity index (χ2v) is 12.1. The average molecular weight is 415 g/mol. The summed E-state index contributed by atoms with van der Waals surface area (Å²) in [6.07, 6.45) is 2.07. The van der Waals surface area contributed by atoms with Crippen molar-refractivity contribution in [1.29, 1.82) is 0 Å². The molecule has 3 rings (SSSR count). The van der Waals surface area contributed by atoms with Gasteiger partial charge in [0.05, 0.1) is 21.9 Å². The van der Waals surface area contributed by atoms with E-state index in [1.54, 1.807) is 6.92 Å². The monoisotopic (exact) mass is 414 g/mol. The van der Waals surface area contributed by atoms with Crippen LogP contribution in [0.1, 0.15) is 43.5 Å². The molecule has 0 saturated carbocycles. The molecule has 1 aromatic rings. The molecule has 0 spiro atoms. The number of carbonyl (C=O) groups excluding carboxylic acids is 1. The Labute approximate surface area is 161 Å². The fourth-order valence-electron chi connectivity index (χ4n) is 3.61. The van der Waals surface area contributed by atoms with E-state index in [0.29, 0.717) is 31.0 Å². The van der Waals surface area contributed by atoms with Crippen molar-refractivity contribution in [2.75, 3.05) is 24.6 Å². The summed E-state index contributed by atoms with van der Waals surface area (Å²) >= 11 is 0. The Kier molecular flexibility index (Phi) is 5.39. The van der Waals surface area contributed by atoms with Gasteiger partial charge in [0.2, 0.25) is 10.0 Å². The number of carbonyl (C=O) groups is 1. The van der Waals surface area contributed by atoms with E-state index in [0.717, 1.165) is 12.8 Å². The van der Waals surface area contributed by atoms with Gasteiger partial charge in [-0.1, -0.05) is 6.92 Å². The van der Waals surface area contributed by atoms with Crippen LogP contribution in [0.25, 0.3) is 0 Å². The maximum absolute atomic E-state index is 12.7. The predicted octanol–water partition coefficient (Wildman–Crippen LogP) is 1.41. The number of piperidine rings is 1. The van der Waals surface area contributed by atoms with E-state index in [1.807, 2.05) is 0 Å². The highest BCUT2D eigenvalue weighted by Crippen LogP contribution is 2.25. The van der Waals surface area contributed by atoms with Crippen molar-refractivity contribution in [2.45, 2.75) is 43.5 Å². The molecule has 0 radical (unpaired) electrons. The molecule has 2 fully saturated rings. The molecule has 7 nitrogen and oxygen atoms in total. The Morgan fingerprint density at radius 1 is 1.19 bits per heavy atom. The Balaban J connectivity index is 1.70. The van der Waals surface area contributed by atoms with Crippen LogP contribution in [-0.4, -0.2) is 57.2 Å². The van der Waals surface area contributed by atoms with Crippen LogP contribution in [0, 0.1) is 5.92 Å². The normalized spacial score (nSPS) is 26.7. The Bertz CT molecular complexity index is 917. The number of nitrogens with one attached hydrogen (secondary N) is 1. The number of nitrogens with zero attached hydrogens (tertiary/aromatic N) is 1. The van der Waals surface area contributed by atoms with E-state index in [9.17, 15) is 21.6 Å². The molecule has 0 unspecified atom stereocenters. The van der Waals surface area contributed by atoms with Crippen molar-refractivity contribution in [3.05, 3.63) is 29.8 Å². The molecular formula is C18H26N2O5S2. The summed E-state index contributed by atoms with van der Waals surface area (Å²) in [5.41, 5.74) is -0.475. The molecule has 27 heavy (non-hydrogen) atoms. The smallest absolute Gasteiger partial charge is 0.251 e. The molecule has 1 atom stereocenters. The van der Waals surface area contributed by atoms with Gasteiger partial charge in [0.15, 0.2) is 9.84 Å². The topological polar surface area (TPSA) is 101 Å². The summed E-state index contributed by atoms with van der Waals surface area (Å²) < 4.78 is 50.3. The average Bonchev–Trinajstić information content (AvgIpc) is 2.88. The molecule has 9 heteroatoms. The van der Waals surface area contributed by atoms with Crippen molar-refractivity contribution >= 4 is 25.8 Å². The third kappa shape index (κ3) is 4.52. The minimum absolute atomic E-state index is 0.0649. The van der Waals surface area contributed by atoms with Crippen molar-refractivity contribution in [2.24, 2.45) is 5.92 Å². The first-order valence-corrected chi connectivity index (χ1v) is 12.4. The fraction of sp³-hybridized carbons (Fsp3) is 0.611. The molecule has 2 aliphatic rings. The highest BCUT2D eigenvalue weighted by molar-refractivity contribution is 7.91. The molecule has 150 valence electrons. The first-order chi connectivity index (χ1) is 12.5. The van der Waals surface area contributed by atoms with Crippen LogP contribution in [0.5, 0.6) is 0 Å². The van der Waals surface area contributed by atoms with Gasteiger partial charge in [0, 0.05) is 18.7 Å². The van der Waals surface area contributed by atoms with Crippen LogP contribution in [-0.2, 0) is 19.9 Å². The highest BCUT2D eigenvalue weighted by Gasteiger charge is 2.39. The van der Waals surface area contributed by atoms with E-state index < -0.39 is 31.3 Å². The van der Waals surface area contributed by atoms with Crippen molar-refractivity contribution in [3.63, 3.8) is 0 Å². The van der Waals surface area contributed by atoms with Gasteiger partial charge in [-0.2, -0.15) is 4.31 Å². The quantitative estimate of drug-likeness (QED) is 0.803. The van der Waals surface area contributed by atoms with Crippen LogP contribution >= 0.6 is 0 Å². The molecule has 1 aromatic carbocycles. The van der Waals surface area contributed by atoms with E-state index in [2.05, 4.69) is 12.2 Å². The van der Waals surface area contributed by atoms with E-state index in [4.69, 9.17) is 0 Å². The van der Waals surface area contributed by atoms with Gasteiger partial charge in [0.25, 0.3) is 5.91 Å². The van der Waals surface area contributed by atoms with Gasteiger partial charge >= 0.3 is 0 Å². The third-order valence-corrected chi connectivity index (χ3v) is 9.23. The van der Waals surface area contributed by atoms with Crippen LogP contribution < -0.4 is 5.32 Å². The second-order valence-electron chi connectivity index (χ2n) is 7.97. The van der Waals surface area contributed by atoms with E-state index in [1.165, 1.54) is 28.6 Å². The number of hydrogen-bond acceptors (Lipinski definition) is 5. The maximum Gasteiger partial charge on any atom is 0.251 e. The fourth-order valence-corrected chi connectivity index (χ4v) is 7.17. The minimum atomic E-state index is -3.56. The van der Waals surface area contributed by atoms with Crippen molar-refractivity contribution in [3.8, 4) is 0 Å². The maximum atomic E-state index is 12.7. The summed E-state index contributed by atoms with van der Waals surface area (Å²) in [5.74, 6) is 0.120. The summed E-state index contributed by atoms with van der Waals surface area (Å²) in [6, 6.07) is 5.83. The van der Waals surface area contributed by atoms with Crippen LogP contribution in [0.3, 0.4) is 0 Å². The van der Waals surface area contributed by atoms with E-state index >= 15 is 0 Å². The first kappa shape index (κ1) is 20.3. The Morgan fingerprint density at radius 2 is 1.78 bits per heavy atom. The van der Waals surface area contributed by atoms with Crippen molar-refractivity contribution in [1.82, 2.24) is 9.62 Å². The SMILES string of the molecule is CC1CCN(S(=O)(=O)c2ccc(C(=O)N[C@@]3(C)CCS(=O)(=O)C3)cc2)CC1. The summed E-state index contributed by atoms with van der Waals surface area (Å²) in [7, 11) is -6.68. The molecule has 0 aliphatic carbocycles. The molecule has 2 saturated heterocycles. The summed E-state index contributed by atoms with van der Waals surface area (Å²) in [5, 5.41) is 2.78. The lowest BCUT2D eigenvalue weighted by Gasteiger charge is -2.29. The first-order valence-electron chi connectivity index (χ1n) is 9.14. The van der Waals surface area contributed by atoms with Crippen molar-refractivity contribution < 1.29 is 21.6 Å². The molecule has 2 heterocycles. The molecule has 0 bridgehead atoms. The van der Waals surface area contributed by atoms with E-state index in [-0.39, 0.29) is 16.4 Å². The predicted molar refractivity (Wildman–Crippen MR) is 103 cm³/mol. The van der Waals surface area contributed by atoms with Gasteiger partial charge in [-0.3, -0.25) is 4.79 Å². The molecule has 2 aliphatic heterocycles. The summed E-state index contributed by atoms with van der Waals surface area (Å²) in [4.78, 5) is 12.6. The molecular weight excluding hydrogens is 388 g/mol. The van der Waals surface area contributed by atoms with Gasteiger partial charge in [-0.25, -0.2) is 16.8 Å². The number of benzene rings is 1. The lowest BCUT2D eigenvalue weighted by atomic mass is 10.0. The standard InChI is InChI=1S/C18H26N2O5S2/c1-14-7-10-20(11-8-14)27(24,25)16-5-3-15(4-6-16)17(21)19-18(2)9-12-26(22,23)13-18/h3-6,14H,7-13H2,1-2H3,(H,19,21)/t18-/m0/s1. The van der Waals surface area contributed by atoms with Crippen LogP contribution in [0.2, 0.25) is 0 Å².